The van der Waals surface area contributed by atoms with Crippen molar-refractivity contribution in [3.8, 4) is 5.75 Å². The number of carbonyl (C=O) groups excluding carboxylic acids is 1. The fraction of sp³-hybridized carbons (Fsp3) is 0.316. The Labute approximate surface area is 148 Å². The van der Waals surface area contributed by atoms with Crippen LogP contribution in [-0.4, -0.2) is 19.6 Å². The molecule has 1 amide bonds. The van der Waals surface area contributed by atoms with E-state index < -0.39 is 0 Å². The van der Waals surface area contributed by atoms with Gasteiger partial charge in [0.25, 0.3) is 0 Å². The average Bonchev–Trinajstić information content (AvgIpc) is 2.52. The highest BCUT2D eigenvalue weighted by Gasteiger charge is 2.18. The van der Waals surface area contributed by atoms with Crippen molar-refractivity contribution in [1.29, 1.82) is 0 Å². The van der Waals surface area contributed by atoms with Crippen molar-refractivity contribution in [2.75, 3.05) is 24.3 Å². The molecule has 0 aliphatic rings. The maximum atomic E-state index is 12.3. The first kappa shape index (κ1) is 18.1. The van der Waals surface area contributed by atoms with Crippen molar-refractivity contribution in [2.24, 2.45) is 0 Å². The molecule has 2 N–H and O–H groups in total. The van der Waals surface area contributed by atoms with E-state index in [2.05, 4.69) is 31.4 Å². The van der Waals surface area contributed by atoms with Crippen LogP contribution < -0.4 is 15.4 Å². The second kappa shape index (κ2) is 7.58. The molecule has 0 atom stereocenters. The van der Waals surface area contributed by atoms with Crippen LogP contribution >= 0.6 is 11.6 Å². The first-order valence-electron chi connectivity index (χ1n) is 7.78. The highest BCUT2D eigenvalue weighted by molar-refractivity contribution is 6.30. The largest absolute Gasteiger partial charge is 0.495 e. The molecule has 0 aliphatic heterocycles. The van der Waals surface area contributed by atoms with Crippen LogP contribution in [0.4, 0.5) is 11.4 Å². The predicted molar refractivity (Wildman–Crippen MR) is 100 cm³/mol. The minimum Gasteiger partial charge on any atom is -0.495 e. The number of anilines is 2. The number of hydrogen-bond acceptors (Lipinski definition) is 3. The summed E-state index contributed by atoms with van der Waals surface area (Å²) in [7, 11) is 1.58. The van der Waals surface area contributed by atoms with Crippen molar-refractivity contribution in [1.82, 2.24) is 0 Å². The Morgan fingerprint density at radius 3 is 2.50 bits per heavy atom. The number of benzene rings is 2. The third kappa shape index (κ3) is 4.65. The molecule has 24 heavy (non-hydrogen) atoms. The van der Waals surface area contributed by atoms with Gasteiger partial charge in [-0.2, -0.15) is 0 Å². The van der Waals surface area contributed by atoms with Crippen molar-refractivity contribution in [2.45, 2.75) is 26.2 Å². The van der Waals surface area contributed by atoms with E-state index in [1.165, 1.54) is 0 Å². The maximum absolute atomic E-state index is 12.3. The third-order valence-corrected chi connectivity index (χ3v) is 3.85. The summed E-state index contributed by atoms with van der Waals surface area (Å²) < 4.78 is 5.26. The van der Waals surface area contributed by atoms with E-state index in [1.54, 1.807) is 25.3 Å². The molecule has 0 saturated carbocycles. The molecule has 2 aromatic carbocycles. The summed E-state index contributed by atoms with van der Waals surface area (Å²) in [6.45, 7) is 6.47. The molecule has 2 aromatic rings. The normalized spacial score (nSPS) is 11.0. The number of rotatable bonds is 5. The number of carbonyl (C=O) groups is 1. The van der Waals surface area contributed by atoms with Gasteiger partial charge in [-0.3, -0.25) is 4.79 Å². The molecular weight excluding hydrogens is 324 g/mol. The number of methoxy groups -OCH3 is 1. The van der Waals surface area contributed by atoms with Gasteiger partial charge in [0.05, 0.1) is 19.3 Å². The highest BCUT2D eigenvalue weighted by atomic mass is 35.5. The molecule has 0 radical (unpaired) electrons. The van der Waals surface area contributed by atoms with Crippen LogP contribution in [0.2, 0.25) is 5.02 Å². The Morgan fingerprint density at radius 2 is 1.83 bits per heavy atom. The summed E-state index contributed by atoms with van der Waals surface area (Å²) in [4.78, 5) is 12.3. The molecule has 0 spiro atoms. The van der Waals surface area contributed by atoms with Crippen LogP contribution in [0.1, 0.15) is 26.3 Å². The van der Waals surface area contributed by atoms with Crippen LogP contribution in [-0.2, 0) is 10.2 Å². The van der Waals surface area contributed by atoms with E-state index in [0.717, 1.165) is 11.3 Å². The summed E-state index contributed by atoms with van der Waals surface area (Å²) >= 11 is 5.99. The highest BCUT2D eigenvalue weighted by Crippen LogP contribution is 2.30. The van der Waals surface area contributed by atoms with Gasteiger partial charge < -0.3 is 15.4 Å². The average molecular weight is 347 g/mol. The topological polar surface area (TPSA) is 50.4 Å². The number of nitrogens with one attached hydrogen (secondary N) is 2. The summed E-state index contributed by atoms with van der Waals surface area (Å²) in [5.41, 5.74) is 2.56. The lowest BCUT2D eigenvalue weighted by atomic mass is 9.86. The first-order valence-corrected chi connectivity index (χ1v) is 8.16. The van der Waals surface area contributed by atoms with Crippen LogP contribution in [0.15, 0.2) is 42.5 Å². The van der Waals surface area contributed by atoms with Gasteiger partial charge in [0.15, 0.2) is 0 Å². The molecule has 4 nitrogen and oxygen atoms in total. The van der Waals surface area contributed by atoms with Crippen LogP contribution in [0.5, 0.6) is 5.75 Å². The Kier molecular flexibility index (Phi) is 5.73. The number of amides is 1. The summed E-state index contributed by atoms with van der Waals surface area (Å²) in [5.74, 6) is 0.510. The zero-order valence-electron chi connectivity index (χ0n) is 14.4. The smallest absolute Gasteiger partial charge is 0.243 e. The number of ether oxygens (including phenoxy) is 1. The van der Waals surface area contributed by atoms with E-state index >= 15 is 0 Å². The van der Waals surface area contributed by atoms with E-state index in [9.17, 15) is 4.79 Å². The van der Waals surface area contributed by atoms with Crippen molar-refractivity contribution < 1.29 is 9.53 Å². The predicted octanol–water partition coefficient (Wildman–Crippen LogP) is 4.70. The summed E-state index contributed by atoms with van der Waals surface area (Å²) in [5, 5.41) is 6.61. The van der Waals surface area contributed by atoms with Gasteiger partial charge in [-0.25, -0.2) is 0 Å². The Balaban J connectivity index is 2.06. The fourth-order valence-corrected chi connectivity index (χ4v) is 2.61. The zero-order valence-corrected chi connectivity index (χ0v) is 15.2. The third-order valence-electron chi connectivity index (χ3n) is 3.61. The van der Waals surface area contributed by atoms with Crippen LogP contribution in [0, 0.1) is 0 Å². The monoisotopic (exact) mass is 346 g/mol. The van der Waals surface area contributed by atoms with Crippen LogP contribution in [0.25, 0.3) is 0 Å². The van der Waals surface area contributed by atoms with Crippen LogP contribution in [0.3, 0.4) is 0 Å². The molecule has 2 rings (SSSR count). The number of hydrogen-bond donors (Lipinski definition) is 2. The molecule has 0 saturated heterocycles. The van der Waals surface area contributed by atoms with Crippen molar-refractivity contribution in [3.05, 3.63) is 53.1 Å². The second-order valence-electron chi connectivity index (χ2n) is 6.54. The van der Waals surface area contributed by atoms with E-state index in [0.29, 0.717) is 16.5 Å². The fourth-order valence-electron chi connectivity index (χ4n) is 2.43. The zero-order chi connectivity index (χ0) is 17.7. The lowest BCUT2D eigenvalue weighted by Gasteiger charge is -2.23. The Morgan fingerprint density at radius 1 is 1.12 bits per heavy atom. The quantitative estimate of drug-likeness (QED) is 0.825. The SMILES string of the molecule is COc1ccc(Cl)cc1NCC(=O)Nc1ccccc1C(C)(C)C. The maximum Gasteiger partial charge on any atom is 0.243 e. The van der Waals surface area contributed by atoms with E-state index in [-0.39, 0.29) is 17.9 Å². The van der Waals surface area contributed by atoms with Gasteiger partial charge in [0, 0.05) is 10.7 Å². The molecule has 0 heterocycles. The van der Waals surface area contributed by atoms with Gasteiger partial charge in [0.1, 0.15) is 5.75 Å². The lowest BCUT2D eigenvalue weighted by Crippen LogP contribution is -2.24. The minimum atomic E-state index is -0.131. The van der Waals surface area contributed by atoms with Gasteiger partial charge >= 0.3 is 0 Å². The molecule has 0 aromatic heterocycles. The van der Waals surface area contributed by atoms with Gasteiger partial charge in [-0.1, -0.05) is 50.6 Å². The van der Waals surface area contributed by atoms with E-state index in [4.69, 9.17) is 16.3 Å². The molecule has 0 bridgehead atoms. The number of halogens is 1. The first-order chi connectivity index (χ1) is 11.3. The summed E-state index contributed by atoms with van der Waals surface area (Å²) in [6, 6.07) is 13.1. The van der Waals surface area contributed by atoms with Crippen molar-refractivity contribution in [3.63, 3.8) is 0 Å². The van der Waals surface area contributed by atoms with Crippen molar-refractivity contribution >= 4 is 28.9 Å². The summed E-state index contributed by atoms with van der Waals surface area (Å²) in [6.07, 6.45) is 0. The molecular formula is C19H23ClN2O2. The Hall–Kier alpha value is -2.20. The second-order valence-corrected chi connectivity index (χ2v) is 6.98. The molecule has 0 unspecified atom stereocenters. The van der Waals surface area contributed by atoms with Gasteiger partial charge in [0.2, 0.25) is 5.91 Å². The Bertz CT molecular complexity index is 724. The standard InChI is InChI=1S/C19H23ClN2O2/c1-19(2,3)14-7-5-6-8-15(14)22-18(23)12-21-16-11-13(20)9-10-17(16)24-4/h5-11,21H,12H2,1-4H3,(H,22,23). The molecule has 0 fully saturated rings. The van der Waals surface area contributed by atoms with E-state index in [1.807, 2.05) is 24.3 Å². The lowest BCUT2D eigenvalue weighted by molar-refractivity contribution is -0.114. The molecule has 128 valence electrons. The molecule has 0 aliphatic carbocycles. The number of para-hydroxylation sites is 1. The van der Waals surface area contributed by atoms with Gasteiger partial charge in [-0.15, -0.1) is 0 Å². The molecule has 5 heteroatoms. The minimum absolute atomic E-state index is 0.0481. The van der Waals surface area contributed by atoms with Gasteiger partial charge in [-0.05, 0) is 35.2 Å².